The van der Waals surface area contributed by atoms with Crippen molar-refractivity contribution in [1.29, 1.82) is 0 Å². The highest BCUT2D eigenvalue weighted by Gasteiger charge is 2.87. The Hall–Kier alpha value is -1.33. The molecule has 5 aliphatic carbocycles. The van der Waals surface area contributed by atoms with Crippen molar-refractivity contribution in [3.05, 3.63) is 35.9 Å². The molecule has 0 aromatic heterocycles. The zero-order chi connectivity index (χ0) is 34.8. The van der Waals surface area contributed by atoms with E-state index >= 15 is 0 Å². The summed E-state index contributed by atoms with van der Waals surface area (Å²) >= 11 is 0. The van der Waals surface area contributed by atoms with Gasteiger partial charge in [0, 0.05) is 63.0 Å². The molecule has 1 N–H and O–H groups in total. The number of carbonyl (C=O) groups excluding carboxylic acids is 1. The molecule has 15 atom stereocenters. The van der Waals surface area contributed by atoms with E-state index in [-0.39, 0.29) is 69.7 Å². The van der Waals surface area contributed by atoms with Crippen molar-refractivity contribution in [3.63, 3.8) is 0 Å². The van der Waals surface area contributed by atoms with E-state index in [0.29, 0.717) is 17.9 Å². The average molecular weight is 684 g/mol. The SMILES string of the molecule is CCN1CC2(CC)C3C(OC)C4C1C3(C(OC)C[C@H]2C)[C@H]1C[C@@]2(O[Si](C)(C)C(C)(C)C)C(OC(=O)c3ccccc3)C1[C@@H]4[C@@H](O)[C@@H]2OC. The lowest BCUT2D eigenvalue weighted by atomic mass is 9.41. The van der Waals surface area contributed by atoms with Gasteiger partial charge in [0.2, 0.25) is 0 Å². The van der Waals surface area contributed by atoms with Crippen LogP contribution in [0.15, 0.2) is 30.3 Å². The van der Waals surface area contributed by atoms with E-state index in [1.54, 1.807) is 7.11 Å². The lowest BCUT2D eigenvalue weighted by Crippen LogP contribution is -2.75. The second kappa shape index (κ2) is 11.6. The molecule has 6 aliphatic rings. The van der Waals surface area contributed by atoms with Crippen molar-refractivity contribution in [2.24, 2.45) is 46.3 Å². The lowest BCUT2D eigenvalue weighted by Gasteiger charge is -2.70. The summed E-state index contributed by atoms with van der Waals surface area (Å²) in [7, 11) is 3.00. The summed E-state index contributed by atoms with van der Waals surface area (Å²) in [5, 5.41) is 12.7. The van der Waals surface area contributed by atoms with Gasteiger partial charge >= 0.3 is 5.97 Å². The fraction of sp³-hybridized carbons (Fsp3) is 0.821. The molecular weight excluding hydrogens is 623 g/mol. The van der Waals surface area contributed by atoms with E-state index in [4.69, 9.17) is 23.4 Å². The Morgan fingerprint density at radius 2 is 1.69 bits per heavy atom. The molecule has 8 nitrogen and oxygen atoms in total. The van der Waals surface area contributed by atoms with Crippen molar-refractivity contribution in [2.75, 3.05) is 34.4 Å². The molecule has 7 bridgehead atoms. The molecule has 9 unspecified atom stereocenters. The van der Waals surface area contributed by atoms with E-state index < -0.39 is 32.2 Å². The predicted molar refractivity (Wildman–Crippen MR) is 187 cm³/mol. The average Bonchev–Trinajstić information content (AvgIpc) is 3.40. The van der Waals surface area contributed by atoms with Crippen molar-refractivity contribution in [3.8, 4) is 0 Å². The minimum absolute atomic E-state index is 0.0120. The van der Waals surface area contributed by atoms with Gasteiger partial charge in [0.05, 0.1) is 23.9 Å². The highest BCUT2D eigenvalue weighted by Crippen LogP contribution is 2.80. The number of nitrogens with zero attached hydrogens (tertiary/aromatic N) is 1. The number of rotatable bonds is 9. The minimum Gasteiger partial charge on any atom is -0.455 e. The van der Waals surface area contributed by atoms with Crippen molar-refractivity contribution in [1.82, 2.24) is 4.90 Å². The first-order valence-corrected chi connectivity index (χ1v) is 21.5. The van der Waals surface area contributed by atoms with Crippen LogP contribution in [0.5, 0.6) is 0 Å². The molecule has 1 aromatic carbocycles. The molecule has 9 heteroatoms. The normalized spacial score (nSPS) is 47.7. The van der Waals surface area contributed by atoms with E-state index in [1.807, 2.05) is 44.6 Å². The summed E-state index contributed by atoms with van der Waals surface area (Å²) in [6.07, 6.45) is 0.645. The number of ether oxygens (including phenoxy) is 4. The fourth-order valence-electron chi connectivity index (χ4n) is 13.1. The third-order valence-corrected chi connectivity index (χ3v) is 20.2. The van der Waals surface area contributed by atoms with Crippen LogP contribution in [0.3, 0.4) is 0 Å². The molecule has 1 aliphatic heterocycles. The van der Waals surface area contributed by atoms with Gasteiger partial charge in [0.15, 0.2) is 8.32 Å². The highest BCUT2D eigenvalue weighted by atomic mass is 28.4. The van der Waals surface area contributed by atoms with Gasteiger partial charge in [-0.2, -0.15) is 0 Å². The largest absolute Gasteiger partial charge is 0.455 e. The molecule has 5 saturated carbocycles. The van der Waals surface area contributed by atoms with Crippen LogP contribution in [0.2, 0.25) is 18.1 Å². The molecule has 6 fully saturated rings. The van der Waals surface area contributed by atoms with Crippen LogP contribution in [0.25, 0.3) is 0 Å². The molecule has 7 rings (SSSR count). The van der Waals surface area contributed by atoms with Gasteiger partial charge in [0.1, 0.15) is 17.8 Å². The van der Waals surface area contributed by atoms with Crippen LogP contribution < -0.4 is 0 Å². The number of aliphatic hydroxyl groups is 1. The lowest BCUT2D eigenvalue weighted by molar-refractivity contribution is -0.268. The summed E-state index contributed by atoms with van der Waals surface area (Å²) < 4.78 is 34.4. The van der Waals surface area contributed by atoms with Gasteiger partial charge < -0.3 is 28.5 Å². The van der Waals surface area contributed by atoms with E-state index in [9.17, 15) is 9.90 Å². The Labute approximate surface area is 289 Å². The highest BCUT2D eigenvalue weighted by molar-refractivity contribution is 6.74. The number of esters is 1. The third kappa shape index (κ3) is 4.18. The molecule has 1 saturated heterocycles. The Kier molecular flexibility index (Phi) is 8.47. The summed E-state index contributed by atoms with van der Waals surface area (Å²) in [5.41, 5.74) is -0.684. The van der Waals surface area contributed by atoms with Crippen LogP contribution in [0.1, 0.15) is 71.2 Å². The number of hydrogen-bond donors (Lipinski definition) is 1. The maximum atomic E-state index is 14.2. The summed E-state index contributed by atoms with van der Waals surface area (Å²) in [4.78, 5) is 16.9. The molecule has 1 spiro atoms. The zero-order valence-corrected chi connectivity index (χ0v) is 32.2. The number of hydrogen-bond acceptors (Lipinski definition) is 8. The number of fused-ring (bicyclic) bond motifs is 2. The van der Waals surface area contributed by atoms with Crippen LogP contribution in [0.4, 0.5) is 0 Å². The van der Waals surface area contributed by atoms with Gasteiger partial charge in [-0.1, -0.05) is 59.7 Å². The minimum atomic E-state index is -2.49. The molecule has 1 aromatic rings. The number of piperidine rings is 1. The number of methoxy groups -OCH3 is 3. The van der Waals surface area contributed by atoms with Crippen LogP contribution in [-0.4, -0.2) is 101 Å². The van der Waals surface area contributed by atoms with Gasteiger partial charge in [-0.3, -0.25) is 4.90 Å². The second-order valence-corrected chi connectivity index (χ2v) is 22.6. The van der Waals surface area contributed by atoms with Gasteiger partial charge in [-0.15, -0.1) is 0 Å². The molecule has 1 heterocycles. The smallest absolute Gasteiger partial charge is 0.338 e. The van der Waals surface area contributed by atoms with Crippen LogP contribution in [-0.2, 0) is 23.4 Å². The Balaban J connectivity index is 1.49. The third-order valence-electron chi connectivity index (χ3n) is 15.7. The predicted octanol–water partition coefficient (Wildman–Crippen LogP) is 6.03. The maximum absolute atomic E-state index is 14.2. The number of carbonyl (C=O) groups is 1. The Morgan fingerprint density at radius 1 is 1.00 bits per heavy atom. The summed E-state index contributed by atoms with van der Waals surface area (Å²) in [5.74, 6) is 0.175. The standard InChI is InChI=1S/C39H61NO7Si/c1-12-37-21-40(13-2)32-28-27-26-24(39(32,31(37)30(28)44-8)25(43-7)19-22(37)3)20-38(34(45-9)29(27)41,47-48(10,11)36(4,5)6)33(26)46-35(42)23-17-15-14-16-18-23/h14-18,22,24-34,41H,12-13,19-21H2,1-11H3/t22-,24+,25?,26?,27+,28?,29-,30?,31?,32?,33?,34+,37?,38-,39?/m1/s1. The van der Waals surface area contributed by atoms with Crippen LogP contribution >= 0.6 is 0 Å². The molecule has 0 amide bonds. The zero-order valence-electron chi connectivity index (χ0n) is 31.2. The van der Waals surface area contributed by atoms with Crippen molar-refractivity contribution >= 4 is 14.3 Å². The maximum Gasteiger partial charge on any atom is 0.338 e. The van der Waals surface area contributed by atoms with E-state index in [1.165, 1.54) is 0 Å². The fourth-order valence-corrected chi connectivity index (χ4v) is 14.7. The summed E-state index contributed by atoms with van der Waals surface area (Å²) in [6.45, 7) is 20.4. The molecular formula is C39H61NO7Si. The summed E-state index contributed by atoms with van der Waals surface area (Å²) in [6, 6.07) is 9.50. The molecule has 0 radical (unpaired) electrons. The Bertz CT molecular complexity index is 1390. The monoisotopic (exact) mass is 683 g/mol. The van der Waals surface area contributed by atoms with E-state index in [0.717, 1.165) is 25.9 Å². The van der Waals surface area contributed by atoms with Crippen LogP contribution in [0, 0.1) is 46.3 Å². The van der Waals surface area contributed by atoms with Gasteiger partial charge in [0.25, 0.3) is 0 Å². The number of aliphatic hydroxyl groups excluding tert-OH is 1. The van der Waals surface area contributed by atoms with Gasteiger partial charge in [-0.25, -0.2) is 4.79 Å². The molecule has 48 heavy (non-hydrogen) atoms. The second-order valence-electron chi connectivity index (χ2n) is 17.8. The first-order chi connectivity index (χ1) is 22.7. The topological polar surface area (TPSA) is 86.7 Å². The number of likely N-dealkylation sites (tertiary alicyclic amines) is 1. The van der Waals surface area contributed by atoms with E-state index in [2.05, 4.69) is 59.5 Å². The van der Waals surface area contributed by atoms with Gasteiger partial charge in [-0.05, 0) is 73.3 Å². The molecule has 268 valence electrons. The number of benzene rings is 1. The van der Waals surface area contributed by atoms with Crippen molar-refractivity contribution in [2.45, 2.75) is 121 Å². The van der Waals surface area contributed by atoms with Crippen molar-refractivity contribution < 1.29 is 33.3 Å². The first kappa shape index (κ1) is 35.1. The Morgan fingerprint density at radius 3 is 2.25 bits per heavy atom. The quantitative estimate of drug-likeness (QED) is 0.250. The first-order valence-electron chi connectivity index (χ1n) is 18.6.